The summed E-state index contributed by atoms with van der Waals surface area (Å²) < 4.78 is 5.23. The summed E-state index contributed by atoms with van der Waals surface area (Å²) in [5, 5.41) is 13.7. The number of rotatable bonds is 4. The SMILES string of the molecule is CN(CC1CCCC1O)C(=O)c1cc(-c2cccnc2)on1. The minimum Gasteiger partial charge on any atom is -0.393 e. The van der Waals surface area contributed by atoms with Crippen LogP contribution in [-0.2, 0) is 0 Å². The van der Waals surface area contributed by atoms with Crippen LogP contribution in [0.2, 0.25) is 0 Å². The molecular formula is C16H19N3O3. The van der Waals surface area contributed by atoms with Crippen molar-refractivity contribution in [1.82, 2.24) is 15.0 Å². The summed E-state index contributed by atoms with van der Waals surface area (Å²) in [4.78, 5) is 18.0. The van der Waals surface area contributed by atoms with Gasteiger partial charge in [-0.05, 0) is 25.0 Å². The van der Waals surface area contributed by atoms with Crippen LogP contribution in [0.15, 0.2) is 35.1 Å². The lowest BCUT2D eigenvalue weighted by atomic mass is 10.1. The molecule has 3 rings (SSSR count). The Morgan fingerprint density at radius 1 is 1.50 bits per heavy atom. The standard InChI is InChI=1S/C16H19N3O3/c1-19(10-12-4-2-6-14(12)20)16(21)13-8-15(22-18-13)11-5-3-7-17-9-11/h3,5,7-9,12,14,20H,2,4,6,10H2,1H3. The Labute approximate surface area is 128 Å². The lowest BCUT2D eigenvalue weighted by Crippen LogP contribution is -2.34. The van der Waals surface area contributed by atoms with E-state index in [1.807, 2.05) is 6.07 Å². The number of carbonyl (C=O) groups excluding carboxylic acids is 1. The van der Waals surface area contributed by atoms with Crippen molar-refractivity contribution in [2.24, 2.45) is 5.92 Å². The number of hydrogen-bond acceptors (Lipinski definition) is 5. The summed E-state index contributed by atoms with van der Waals surface area (Å²) >= 11 is 0. The van der Waals surface area contributed by atoms with Gasteiger partial charge in [-0.25, -0.2) is 0 Å². The van der Waals surface area contributed by atoms with E-state index in [4.69, 9.17) is 4.52 Å². The minimum atomic E-state index is -0.307. The maximum Gasteiger partial charge on any atom is 0.275 e. The van der Waals surface area contributed by atoms with E-state index in [0.29, 0.717) is 12.3 Å². The van der Waals surface area contributed by atoms with Crippen molar-refractivity contribution in [2.75, 3.05) is 13.6 Å². The summed E-state index contributed by atoms with van der Waals surface area (Å²) in [5.74, 6) is 0.474. The minimum absolute atomic E-state index is 0.152. The highest BCUT2D eigenvalue weighted by Crippen LogP contribution is 2.26. The van der Waals surface area contributed by atoms with Gasteiger partial charge in [0.25, 0.3) is 5.91 Å². The number of aliphatic hydroxyl groups excluding tert-OH is 1. The number of nitrogens with zero attached hydrogens (tertiary/aromatic N) is 3. The first-order chi connectivity index (χ1) is 10.6. The highest BCUT2D eigenvalue weighted by molar-refractivity contribution is 5.92. The number of hydrogen-bond donors (Lipinski definition) is 1. The van der Waals surface area contributed by atoms with Gasteiger partial charge in [-0.1, -0.05) is 11.6 Å². The summed E-state index contributed by atoms with van der Waals surface area (Å²) in [7, 11) is 1.73. The van der Waals surface area contributed by atoms with Gasteiger partial charge in [-0.3, -0.25) is 9.78 Å². The van der Waals surface area contributed by atoms with E-state index in [1.165, 1.54) is 0 Å². The molecule has 2 unspecified atom stereocenters. The van der Waals surface area contributed by atoms with Gasteiger partial charge in [0, 0.05) is 43.5 Å². The molecule has 2 atom stereocenters. The smallest absolute Gasteiger partial charge is 0.275 e. The van der Waals surface area contributed by atoms with Crippen LogP contribution in [0.5, 0.6) is 0 Å². The molecule has 2 heterocycles. The summed E-state index contributed by atoms with van der Waals surface area (Å²) in [6.45, 7) is 0.537. The van der Waals surface area contributed by atoms with Crippen LogP contribution in [0.25, 0.3) is 11.3 Å². The van der Waals surface area contributed by atoms with E-state index in [1.54, 1.807) is 36.5 Å². The first-order valence-electron chi connectivity index (χ1n) is 7.46. The molecule has 0 bridgehead atoms. The maximum absolute atomic E-state index is 12.4. The molecule has 116 valence electrons. The van der Waals surface area contributed by atoms with Gasteiger partial charge < -0.3 is 14.5 Å². The van der Waals surface area contributed by atoms with Crippen LogP contribution >= 0.6 is 0 Å². The third kappa shape index (κ3) is 3.01. The lowest BCUT2D eigenvalue weighted by molar-refractivity contribution is 0.0684. The Morgan fingerprint density at radius 3 is 3.05 bits per heavy atom. The predicted molar refractivity (Wildman–Crippen MR) is 80.0 cm³/mol. The molecule has 22 heavy (non-hydrogen) atoms. The second-order valence-electron chi connectivity index (χ2n) is 5.76. The molecule has 1 N–H and O–H groups in total. The fraction of sp³-hybridized carbons (Fsp3) is 0.438. The monoisotopic (exact) mass is 301 g/mol. The summed E-state index contributed by atoms with van der Waals surface area (Å²) in [6, 6.07) is 5.27. The van der Waals surface area contributed by atoms with E-state index in [9.17, 15) is 9.90 Å². The van der Waals surface area contributed by atoms with E-state index < -0.39 is 0 Å². The Bertz CT molecular complexity index is 641. The molecule has 0 spiro atoms. The van der Waals surface area contributed by atoms with Crippen molar-refractivity contribution < 1.29 is 14.4 Å². The predicted octanol–water partition coefficient (Wildman–Crippen LogP) is 1.97. The van der Waals surface area contributed by atoms with Crippen LogP contribution in [0.1, 0.15) is 29.8 Å². The van der Waals surface area contributed by atoms with E-state index in [2.05, 4.69) is 10.1 Å². The molecule has 1 aliphatic carbocycles. The largest absolute Gasteiger partial charge is 0.393 e. The number of amides is 1. The van der Waals surface area contributed by atoms with Gasteiger partial charge in [0.1, 0.15) is 0 Å². The average Bonchev–Trinajstić information content (AvgIpc) is 3.17. The van der Waals surface area contributed by atoms with Gasteiger partial charge >= 0.3 is 0 Å². The molecule has 6 heteroatoms. The number of pyridine rings is 1. The van der Waals surface area contributed by atoms with E-state index in [0.717, 1.165) is 24.8 Å². The summed E-state index contributed by atoms with van der Waals surface area (Å²) in [6.07, 6.45) is 5.82. The molecule has 1 amide bonds. The van der Waals surface area contributed by atoms with Gasteiger partial charge in [-0.2, -0.15) is 0 Å². The molecule has 1 aliphatic rings. The molecular weight excluding hydrogens is 282 g/mol. The maximum atomic E-state index is 12.4. The first-order valence-corrected chi connectivity index (χ1v) is 7.46. The molecule has 0 aromatic carbocycles. The molecule has 6 nitrogen and oxygen atoms in total. The van der Waals surface area contributed by atoms with Gasteiger partial charge in [0.2, 0.25) is 0 Å². The fourth-order valence-corrected chi connectivity index (χ4v) is 2.88. The molecule has 2 aromatic heterocycles. The normalized spacial score (nSPS) is 21.0. The molecule has 1 fully saturated rings. The van der Waals surface area contributed by atoms with Gasteiger partial charge in [-0.15, -0.1) is 0 Å². The Hall–Kier alpha value is -2.21. The average molecular weight is 301 g/mol. The first kappa shape index (κ1) is 14.7. The zero-order chi connectivity index (χ0) is 15.5. The lowest BCUT2D eigenvalue weighted by Gasteiger charge is -2.22. The molecule has 2 aromatic rings. The van der Waals surface area contributed by atoms with Crippen molar-refractivity contribution >= 4 is 5.91 Å². The Morgan fingerprint density at radius 2 is 2.36 bits per heavy atom. The van der Waals surface area contributed by atoms with Crippen LogP contribution in [0.3, 0.4) is 0 Å². The van der Waals surface area contributed by atoms with Crippen molar-refractivity contribution in [3.63, 3.8) is 0 Å². The number of carbonyl (C=O) groups is 1. The van der Waals surface area contributed by atoms with Crippen LogP contribution in [0, 0.1) is 5.92 Å². The molecule has 1 saturated carbocycles. The third-order valence-electron chi connectivity index (χ3n) is 4.15. The highest BCUT2D eigenvalue weighted by atomic mass is 16.5. The van der Waals surface area contributed by atoms with Crippen LogP contribution < -0.4 is 0 Å². The van der Waals surface area contributed by atoms with Gasteiger partial charge in [0.05, 0.1) is 6.10 Å². The van der Waals surface area contributed by atoms with Crippen molar-refractivity contribution in [2.45, 2.75) is 25.4 Å². The van der Waals surface area contributed by atoms with E-state index >= 15 is 0 Å². The quantitative estimate of drug-likeness (QED) is 0.934. The van der Waals surface area contributed by atoms with E-state index in [-0.39, 0.29) is 23.6 Å². The summed E-state index contributed by atoms with van der Waals surface area (Å²) in [5.41, 5.74) is 1.05. The van der Waals surface area contributed by atoms with Crippen LogP contribution in [0.4, 0.5) is 0 Å². The fourth-order valence-electron chi connectivity index (χ4n) is 2.88. The number of aliphatic hydroxyl groups is 1. The van der Waals surface area contributed by atoms with Crippen molar-refractivity contribution in [3.05, 3.63) is 36.3 Å². The second-order valence-corrected chi connectivity index (χ2v) is 5.76. The topological polar surface area (TPSA) is 79.5 Å². The van der Waals surface area contributed by atoms with Gasteiger partial charge in [0.15, 0.2) is 11.5 Å². The molecule has 0 saturated heterocycles. The van der Waals surface area contributed by atoms with Crippen LogP contribution in [-0.4, -0.2) is 45.8 Å². The second kappa shape index (κ2) is 6.27. The Balaban J connectivity index is 1.68. The van der Waals surface area contributed by atoms with Crippen molar-refractivity contribution in [3.8, 4) is 11.3 Å². The zero-order valence-electron chi connectivity index (χ0n) is 12.5. The Kier molecular flexibility index (Phi) is 4.20. The number of aromatic nitrogens is 2. The van der Waals surface area contributed by atoms with Crippen molar-refractivity contribution in [1.29, 1.82) is 0 Å². The zero-order valence-corrected chi connectivity index (χ0v) is 12.5. The molecule has 0 aliphatic heterocycles. The molecule has 0 radical (unpaired) electrons. The third-order valence-corrected chi connectivity index (χ3v) is 4.15. The highest BCUT2D eigenvalue weighted by Gasteiger charge is 2.28.